The Kier molecular flexibility index (Phi) is 41.3. The second-order valence-corrected chi connectivity index (χ2v) is 34.4. The van der Waals surface area contributed by atoms with Gasteiger partial charge in [-0.3, -0.25) is 67.9 Å². The van der Waals surface area contributed by atoms with Crippen LogP contribution in [0.25, 0.3) is 0 Å². The highest BCUT2D eigenvalue weighted by Crippen LogP contribution is 2.50. The fraction of sp³-hybridized carbons (Fsp3) is 0.621. The molecule has 1 unspecified atom stereocenters. The lowest BCUT2D eigenvalue weighted by molar-refractivity contribution is -0.162. The van der Waals surface area contributed by atoms with Gasteiger partial charge in [-0.05, 0) is 126 Å². The SMILES string of the molecule is COc1cc2cc(c1Cl)N(C)C(=O)C[C@H](OC(=O)[C@H](C)N(C)C(=O)CCSC1CC(=O)N(CC3CCC(C(=O)N[C@@H](CCCNC(N)=O)C(=O)N[C@@H](CCCCNC(=O)CCOCCOCCOCCOCCOCCNC(=O)CN4C(=O)C=CC4=O)C(=O)N[C@@H](Cc4ccc(O)cc4)C(=O)O)CC3)C1=O)[C@]1(C)O[C@H]1[C@H](C)[C@@H]1C[C@@](O)(NC(=O)O1)[C@H](OC)/C=C/C=C(\C)C2. The number of carbonyl (C=O) groups is 15. The second kappa shape index (κ2) is 51.3. The Bertz CT molecular complexity index is 4330. The molecule has 0 aromatic heterocycles. The number of likely N-dealkylation sites (tertiary alicyclic amines) is 1. The first-order chi connectivity index (χ1) is 61.5. The maximum Gasteiger partial charge on any atom is 0.409 e. The van der Waals surface area contributed by atoms with Gasteiger partial charge in [-0.1, -0.05) is 54.5 Å². The average molecular weight is 1850 g/mol. The molecule has 712 valence electrons. The lowest BCUT2D eigenvalue weighted by Crippen LogP contribution is -2.63. The van der Waals surface area contributed by atoms with Gasteiger partial charge in [-0.25, -0.2) is 19.2 Å². The molecule has 40 nitrogen and oxygen atoms in total. The number of hydrogen-bond acceptors (Lipinski definition) is 28. The number of phenolic OH excluding ortho intramolecular Hbond substituents is 1. The highest BCUT2D eigenvalue weighted by molar-refractivity contribution is 8.00. The molecule has 2 aromatic rings. The van der Waals surface area contributed by atoms with Crippen LogP contribution in [0.15, 0.2) is 72.4 Å². The van der Waals surface area contributed by atoms with E-state index in [4.69, 9.17) is 64.7 Å². The highest BCUT2D eigenvalue weighted by atomic mass is 35.5. The van der Waals surface area contributed by atoms with Crippen LogP contribution in [0.5, 0.6) is 11.5 Å². The first kappa shape index (κ1) is 104. The number of alkyl carbamates (subject to hydrolysis) is 1. The number of anilines is 1. The number of imide groups is 2. The van der Waals surface area contributed by atoms with Gasteiger partial charge in [0.05, 0.1) is 96.6 Å². The number of aliphatic hydroxyl groups is 1. The number of amides is 14. The van der Waals surface area contributed by atoms with E-state index in [-0.39, 0.29) is 165 Å². The van der Waals surface area contributed by atoms with Gasteiger partial charge in [0.25, 0.3) is 11.8 Å². The minimum Gasteiger partial charge on any atom is -0.508 e. The number of benzene rings is 2. The number of thioether (sulfide) groups is 1. The Labute approximate surface area is 757 Å². The molecule has 42 heteroatoms. The van der Waals surface area contributed by atoms with E-state index < -0.39 is 167 Å². The van der Waals surface area contributed by atoms with Gasteiger partial charge in [0, 0.05) is 109 Å². The number of fused-ring (bicyclic) bond motifs is 5. The van der Waals surface area contributed by atoms with Gasteiger partial charge < -0.3 is 110 Å². The largest absolute Gasteiger partial charge is 0.508 e. The monoisotopic (exact) mass is 1850 g/mol. The van der Waals surface area contributed by atoms with Crippen molar-refractivity contribution in [3.8, 4) is 11.5 Å². The lowest BCUT2D eigenvalue weighted by Gasteiger charge is -2.42. The Balaban J connectivity index is 0.773. The molecule has 1 aliphatic carbocycles. The third-order valence-electron chi connectivity index (χ3n) is 23.2. The van der Waals surface area contributed by atoms with Crippen LogP contribution in [-0.2, 0) is 118 Å². The molecule has 4 fully saturated rings. The summed E-state index contributed by atoms with van der Waals surface area (Å²) in [4.78, 5) is 203. The minimum absolute atomic E-state index is 0.0110. The maximum absolute atomic E-state index is 14.6. The average Bonchev–Trinajstić information content (AvgIpc) is 1.57. The van der Waals surface area contributed by atoms with Crippen LogP contribution in [0.2, 0.25) is 5.02 Å². The van der Waals surface area contributed by atoms with Crippen LogP contribution in [0.1, 0.15) is 129 Å². The molecule has 6 aliphatic rings. The number of urea groups is 1. The number of methoxy groups -OCH3 is 2. The van der Waals surface area contributed by atoms with Crippen LogP contribution in [0, 0.1) is 17.8 Å². The third kappa shape index (κ3) is 32.0. The quantitative estimate of drug-likeness (QED) is 0.0196. The molecule has 12 N–H and O–H groups in total. The number of halogens is 1. The van der Waals surface area contributed by atoms with Crippen molar-refractivity contribution in [3.63, 3.8) is 0 Å². The van der Waals surface area contributed by atoms with Gasteiger partial charge in [0.2, 0.25) is 53.2 Å². The fourth-order valence-electron chi connectivity index (χ4n) is 15.5. The number of unbranched alkanes of at least 4 members (excludes halogenated alkanes) is 1. The number of carbonyl (C=O) groups excluding carboxylic acids is 14. The number of aliphatic carboxylic acids is 1. The summed E-state index contributed by atoms with van der Waals surface area (Å²) in [5.41, 5.74) is 4.36. The Morgan fingerprint density at radius 3 is 1.98 bits per heavy atom. The number of esters is 1. The van der Waals surface area contributed by atoms with Crippen LogP contribution in [0.4, 0.5) is 15.3 Å². The van der Waals surface area contributed by atoms with Crippen LogP contribution >= 0.6 is 23.4 Å². The molecular weight excluding hydrogens is 1730 g/mol. The molecular formula is C87H123ClN12O28S. The summed E-state index contributed by atoms with van der Waals surface area (Å²) in [6.07, 6.45) is 3.60. The number of nitrogens with one attached hydrogen (secondary N) is 7. The van der Waals surface area contributed by atoms with Crippen molar-refractivity contribution in [2.24, 2.45) is 23.5 Å². The molecule has 14 amide bonds. The van der Waals surface area contributed by atoms with E-state index >= 15 is 0 Å². The number of rotatable bonds is 49. The van der Waals surface area contributed by atoms with E-state index in [1.54, 1.807) is 38.1 Å². The highest BCUT2D eigenvalue weighted by Gasteiger charge is 2.65. The Hall–Kier alpha value is -10.4. The van der Waals surface area contributed by atoms with Crippen molar-refractivity contribution >= 4 is 118 Å². The number of aromatic hydroxyl groups is 1. The number of likely N-dealkylation sites (N-methyl/N-ethyl adjacent to an activating group) is 1. The third-order valence-corrected chi connectivity index (χ3v) is 24.8. The number of allylic oxidation sites excluding steroid dienone is 3. The summed E-state index contributed by atoms with van der Waals surface area (Å²) < 4.78 is 57.1. The molecule has 3 saturated heterocycles. The van der Waals surface area contributed by atoms with E-state index in [1.807, 2.05) is 13.0 Å². The zero-order valence-corrected chi connectivity index (χ0v) is 75.7. The molecule has 5 heterocycles. The van der Waals surface area contributed by atoms with E-state index in [1.165, 1.54) is 74.2 Å². The van der Waals surface area contributed by atoms with Crippen molar-refractivity contribution < 1.29 is 135 Å². The number of hydrogen-bond donors (Lipinski definition) is 11. The number of ether oxygens (including phenoxy) is 10. The summed E-state index contributed by atoms with van der Waals surface area (Å²) in [5, 5.41) is 49.8. The predicted octanol–water partition coefficient (Wildman–Crippen LogP) is 2.31. The van der Waals surface area contributed by atoms with E-state index in [9.17, 15) is 87.2 Å². The molecule has 2 aromatic carbocycles. The molecule has 1 saturated carbocycles. The summed E-state index contributed by atoms with van der Waals surface area (Å²) in [5.74, 6) is -9.43. The first-order valence-corrected chi connectivity index (χ1v) is 44.7. The van der Waals surface area contributed by atoms with Crippen molar-refractivity contribution in [2.45, 2.75) is 196 Å². The second-order valence-electron chi connectivity index (χ2n) is 32.7. The van der Waals surface area contributed by atoms with E-state index in [0.717, 1.165) is 40.0 Å². The Morgan fingerprint density at radius 1 is 0.744 bits per heavy atom. The number of nitrogens with zero attached hydrogens (tertiary/aromatic N) is 4. The molecule has 8 rings (SSSR count). The predicted molar refractivity (Wildman–Crippen MR) is 465 cm³/mol. The number of phenols is 1. The standard InChI is InChI=1S/C87H123ClN12O28S/c1-52-13-11-16-67(120-8)87(118)49-65(126-85(117)96-87)53(2)77-86(4,128-77)68(48-74(107)98(6)63-45-57(43-52)46-64(119-7)76(63)88)127-83(115)54(3)97(5)71(104)28-42-129-66-47-75(108)100(81(66)112)50-56-17-21-58(22-18-56)78(109)93-61(15-12-30-92-84(89)116)79(110)94-60(80(111)95-62(82(113)114)44-55-19-23-59(101)24-20-55)14-9-10-29-90-69(102)27-32-121-34-36-123-38-40-125-41-39-124-37-35-122-33-31-91-70(103)51-99-72(105)25-26-73(99)106/h11,13,16,19-20,23-26,45-46,53-54,56,58,60-62,65-68,77,101,118H,9-10,12,14-15,17-18,21-22,27-44,47-51H2,1-8H3,(H,90,102)(H,91,103)(H,93,109)(H,94,110)(H,95,111)(H,96,117)(H,113,114)(H3,89,92,116)/b16-11+,52-13+/t53-,54+,56?,58?,60+,61+,62+,65+,66?,67-,68+,77+,86+,87+/m1/s1. The van der Waals surface area contributed by atoms with Crippen LogP contribution in [-0.4, -0.2) is 317 Å². The van der Waals surface area contributed by atoms with Gasteiger partial charge >= 0.3 is 24.1 Å². The van der Waals surface area contributed by atoms with E-state index in [0.29, 0.717) is 75.3 Å². The molecule has 0 spiro atoms. The van der Waals surface area contributed by atoms with Crippen molar-refractivity contribution in [1.82, 2.24) is 51.9 Å². The summed E-state index contributed by atoms with van der Waals surface area (Å²) >= 11 is 7.99. The number of carboxylic acid groups (broad SMARTS) is 1. The van der Waals surface area contributed by atoms with Gasteiger partial charge in [0.15, 0.2) is 5.72 Å². The molecule has 0 radical (unpaired) electrons. The van der Waals surface area contributed by atoms with Crippen LogP contribution < -0.4 is 52.6 Å². The van der Waals surface area contributed by atoms with Gasteiger partial charge in [-0.15, -0.1) is 11.8 Å². The van der Waals surface area contributed by atoms with Gasteiger partial charge in [0.1, 0.15) is 71.1 Å². The lowest BCUT2D eigenvalue weighted by atomic mass is 9.81. The fourth-order valence-corrected chi connectivity index (χ4v) is 16.9. The number of carboxylic acids is 1. The molecule has 5 aliphatic heterocycles. The molecule has 129 heavy (non-hydrogen) atoms. The summed E-state index contributed by atoms with van der Waals surface area (Å²) in [7, 11) is 5.76. The van der Waals surface area contributed by atoms with Crippen LogP contribution in [0.3, 0.4) is 0 Å². The number of epoxide rings is 1. The smallest absolute Gasteiger partial charge is 0.409 e. The summed E-state index contributed by atoms with van der Waals surface area (Å²) in [6, 6.07) is 2.99. The number of nitrogens with two attached hydrogens (primary N) is 1. The minimum atomic E-state index is -1.94. The first-order valence-electron chi connectivity index (χ1n) is 43.2. The molecule has 4 bridgehead atoms. The maximum atomic E-state index is 14.6. The van der Waals surface area contributed by atoms with Crippen molar-refractivity contribution in [1.29, 1.82) is 0 Å². The Morgan fingerprint density at radius 2 is 1.35 bits per heavy atom. The van der Waals surface area contributed by atoms with E-state index in [2.05, 4.69) is 37.2 Å². The molecule has 12 atom stereocenters. The van der Waals surface area contributed by atoms with Gasteiger partial charge in [-0.2, -0.15) is 0 Å². The normalized spacial score (nSPS) is 23.8. The summed E-state index contributed by atoms with van der Waals surface area (Å²) in [6.45, 7) is 9.25. The number of primary amides is 1. The van der Waals surface area contributed by atoms with Crippen molar-refractivity contribution in [3.05, 3.63) is 88.5 Å². The van der Waals surface area contributed by atoms with Crippen molar-refractivity contribution in [2.75, 3.05) is 138 Å². The zero-order valence-electron chi connectivity index (χ0n) is 74.1. The zero-order chi connectivity index (χ0) is 94.1. The topological polar surface area (TPSA) is 536 Å².